The molecule has 0 aromatic carbocycles. The molecule has 1 N–H and O–H groups in total. The van der Waals surface area contributed by atoms with E-state index in [1.807, 2.05) is 30.5 Å². The number of nitrogens with zero attached hydrogens (tertiary/aromatic N) is 2. The van der Waals surface area contributed by atoms with E-state index in [2.05, 4.69) is 21.3 Å². The van der Waals surface area contributed by atoms with Crippen LogP contribution >= 0.6 is 35.2 Å². The molecule has 0 saturated carbocycles. The van der Waals surface area contributed by atoms with Crippen LogP contribution in [0.4, 0.5) is 0 Å². The molecule has 1 aliphatic rings. The summed E-state index contributed by atoms with van der Waals surface area (Å²) < 4.78 is 5.96. The van der Waals surface area contributed by atoms with E-state index in [0.29, 0.717) is 6.61 Å². The highest BCUT2D eigenvalue weighted by Crippen LogP contribution is 2.42. The summed E-state index contributed by atoms with van der Waals surface area (Å²) in [6.07, 6.45) is 2.73. The smallest absolute Gasteiger partial charge is 0.170 e. The quantitative estimate of drug-likeness (QED) is 0.620. The molecule has 0 amide bonds. The van der Waals surface area contributed by atoms with Crippen molar-refractivity contribution in [3.05, 3.63) is 51.4 Å². The molecule has 1 fully saturated rings. The summed E-state index contributed by atoms with van der Waals surface area (Å²) in [5.41, 5.74) is 0.985. The molecule has 3 rings (SSSR count). The first kappa shape index (κ1) is 16.6. The van der Waals surface area contributed by atoms with Crippen LogP contribution in [-0.2, 0) is 4.74 Å². The Morgan fingerprint density at radius 3 is 2.91 bits per heavy atom. The molecule has 1 aliphatic heterocycles. The van der Waals surface area contributed by atoms with Crippen molar-refractivity contribution in [3.8, 4) is 0 Å². The number of halogens is 1. The van der Waals surface area contributed by atoms with Gasteiger partial charge in [0.05, 0.1) is 22.1 Å². The third-order valence-electron chi connectivity index (χ3n) is 3.83. The van der Waals surface area contributed by atoms with E-state index in [1.165, 1.54) is 4.88 Å². The summed E-state index contributed by atoms with van der Waals surface area (Å²) >= 11 is 13.3. The molecule has 4 nitrogen and oxygen atoms in total. The summed E-state index contributed by atoms with van der Waals surface area (Å²) in [6, 6.07) is 10.1. The number of aromatic nitrogens is 1. The maximum Gasteiger partial charge on any atom is 0.170 e. The molecule has 2 aromatic heterocycles. The van der Waals surface area contributed by atoms with Gasteiger partial charge in [-0.15, -0.1) is 11.3 Å². The summed E-state index contributed by atoms with van der Waals surface area (Å²) in [5.74, 6) is 0. The van der Waals surface area contributed by atoms with Crippen molar-refractivity contribution in [3.63, 3.8) is 0 Å². The first-order valence-corrected chi connectivity index (χ1v) is 9.03. The first-order valence-electron chi connectivity index (χ1n) is 7.43. The van der Waals surface area contributed by atoms with Gasteiger partial charge in [0.25, 0.3) is 0 Å². The average Bonchev–Trinajstić information content (AvgIpc) is 3.12. The fourth-order valence-electron chi connectivity index (χ4n) is 2.82. The Morgan fingerprint density at radius 2 is 2.26 bits per heavy atom. The van der Waals surface area contributed by atoms with Crippen LogP contribution in [0.2, 0.25) is 4.34 Å². The Kier molecular flexibility index (Phi) is 5.48. The molecule has 3 heterocycles. The highest BCUT2D eigenvalue weighted by Gasteiger charge is 2.40. The van der Waals surface area contributed by atoms with Crippen LogP contribution in [0.15, 0.2) is 36.5 Å². The van der Waals surface area contributed by atoms with Crippen molar-refractivity contribution in [2.75, 3.05) is 20.3 Å². The fourth-order valence-corrected chi connectivity index (χ4v) is 4.37. The van der Waals surface area contributed by atoms with Gasteiger partial charge in [-0.2, -0.15) is 0 Å². The monoisotopic (exact) mass is 367 g/mol. The van der Waals surface area contributed by atoms with Gasteiger partial charge < -0.3 is 15.0 Å². The second kappa shape index (κ2) is 7.57. The van der Waals surface area contributed by atoms with E-state index in [-0.39, 0.29) is 12.1 Å². The standard InChI is InChI=1S/C16H18ClN3OS2/c1-21-10-4-9-20-15(12-6-7-13(17)23-12)14(19-16(20)22)11-5-2-3-8-18-11/h2-3,5-8,14-15H,4,9-10H2,1H3,(H,19,22)/t14-,15-/m0/s1. The molecule has 122 valence electrons. The predicted molar refractivity (Wildman–Crippen MR) is 98.0 cm³/mol. The van der Waals surface area contributed by atoms with Crippen molar-refractivity contribution in [2.45, 2.75) is 18.5 Å². The summed E-state index contributed by atoms with van der Waals surface area (Å²) in [5, 5.41) is 4.18. The molecular formula is C16H18ClN3OS2. The number of methoxy groups -OCH3 is 1. The van der Waals surface area contributed by atoms with Gasteiger partial charge >= 0.3 is 0 Å². The van der Waals surface area contributed by atoms with Crippen molar-refractivity contribution >= 4 is 40.3 Å². The number of hydrogen-bond acceptors (Lipinski definition) is 4. The lowest BCUT2D eigenvalue weighted by Gasteiger charge is -2.26. The zero-order valence-electron chi connectivity index (χ0n) is 12.7. The number of nitrogens with one attached hydrogen (secondary N) is 1. The Bertz CT molecular complexity index is 664. The second-order valence-corrected chi connectivity index (χ2v) is 7.44. The third-order valence-corrected chi connectivity index (χ3v) is 5.48. The van der Waals surface area contributed by atoms with E-state index < -0.39 is 0 Å². The van der Waals surface area contributed by atoms with Crippen LogP contribution in [0.25, 0.3) is 0 Å². The fraction of sp³-hybridized carbons (Fsp3) is 0.375. The minimum absolute atomic E-state index is 0.0287. The molecule has 2 atom stereocenters. The second-order valence-electron chi connectivity index (χ2n) is 5.31. The van der Waals surface area contributed by atoms with Crippen molar-refractivity contribution in [1.29, 1.82) is 0 Å². The molecule has 23 heavy (non-hydrogen) atoms. The Hall–Kier alpha value is -1.21. The molecule has 0 aliphatic carbocycles. The molecule has 2 aromatic rings. The van der Waals surface area contributed by atoms with Gasteiger partial charge in [-0.3, -0.25) is 4.98 Å². The van der Waals surface area contributed by atoms with Gasteiger partial charge in [-0.05, 0) is 42.9 Å². The molecule has 1 saturated heterocycles. The van der Waals surface area contributed by atoms with Gasteiger partial charge in [-0.1, -0.05) is 17.7 Å². The highest BCUT2D eigenvalue weighted by molar-refractivity contribution is 7.80. The topological polar surface area (TPSA) is 37.4 Å². The van der Waals surface area contributed by atoms with E-state index in [0.717, 1.165) is 28.1 Å². The number of hydrogen-bond donors (Lipinski definition) is 1. The third kappa shape index (κ3) is 3.66. The molecule has 0 spiro atoms. The maximum absolute atomic E-state index is 6.15. The lowest BCUT2D eigenvalue weighted by molar-refractivity contribution is 0.181. The largest absolute Gasteiger partial charge is 0.385 e. The van der Waals surface area contributed by atoms with Crippen LogP contribution in [-0.4, -0.2) is 35.3 Å². The lowest BCUT2D eigenvalue weighted by atomic mass is 10.0. The Morgan fingerprint density at radius 1 is 1.39 bits per heavy atom. The SMILES string of the molecule is COCCCN1C(=S)N[C@@H](c2ccccn2)[C@@H]1c1ccc(Cl)s1. The zero-order chi connectivity index (χ0) is 16.2. The van der Waals surface area contributed by atoms with Gasteiger partial charge in [0.15, 0.2) is 5.11 Å². The maximum atomic E-state index is 6.15. The predicted octanol–water partition coefficient (Wildman–Crippen LogP) is 3.81. The Balaban J connectivity index is 1.91. The van der Waals surface area contributed by atoms with Crippen LogP contribution in [0.1, 0.15) is 29.1 Å². The minimum Gasteiger partial charge on any atom is -0.385 e. The van der Waals surface area contributed by atoms with Gasteiger partial charge in [0.1, 0.15) is 0 Å². The van der Waals surface area contributed by atoms with E-state index in [1.54, 1.807) is 18.4 Å². The van der Waals surface area contributed by atoms with Crippen LogP contribution in [0.5, 0.6) is 0 Å². The molecule has 0 radical (unpaired) electrons. The first-order chi connectivity index (χ1) is 11.2. The van der Waals surface area contributed by atoms with Crippen molar-refractivity contribution in [1.82, 2.24) is 15.2 Å². The number of rotatable bonds is 6. The van der Waals surface area contributed by atoms with Crippen molar-refractivity contribution in [2.24, 2.45) is 0 Å². The molecule has 0 bridgehead atoms. The van der Waals surface area contributed by atoms with E-state index >= 15 is 0 Å². The normalized spacial score (nSPS) is 20.8. The highest BCUT2D eigenvalue weighted by atomic mass is 35.5. The van der Waals surface area contributed by atoms with E-state index in [9.17, 15) is 0 Å². The summed E-state index contributed by atoms with van der Waals surface area (Å²) in [6.45, 7) is 1.55. The number of ether oxygens (including phenoxy) is 1. The number of pyridine rings is 1. The number of thiophene rings is 1. The lowest BCUT2D eigenvalue weighted by Crippen LogP contribution is -2.30. The van der Waals surface area contributed by atoms with Gasteiger partial charge in [-0.25, -0.2) is 0 Å². The molecular weight excluding hydrogens is 350 g/mol. The molecule has 0 unspecified atom stereocenters. The summed E-state index contributed by atoms with van der Waals surface area (Å²) in [4.78, 5) is 7.92. The van der Waals surface area contributed by atoms with Gasteiger partial charge in [0.2, 0.25) is 0 Å². The Labute approximate surface area is 150 Å². The van der Waals surface area contributed by atoms with Gasteiger partial charge in [0, 0.05) is 31.3 Å². The number of thiocarbonyl (C=S) groups is 1. The minimum atomic E-state index is 0.0287. The van der Waals surface area contributed by atoms with Crippen LogP contribution in [0, 0.1) is 0 Å². The zero-order valence-corrected chi connectivity index (χ0v) is 15.1. The van der Waals surface area contributed by atoms with Crippen LogP contribution in [0.3, 0.4) is 0 Å². The van der Waals surface area contributed by atoms with E-state index in [4.69, 9.17) is 28.6 Å². The molecule has 7 heteroatoms. The van der Waals surface area contributed by atoms with Crippen molar-refractivity contribution < 1.29 is 4.74 Å². The average molecular weight is 368 g/mol. The van der Waals surface area contributed by atoms with Crippen LogP contribution < -0.4 is 5.32 Å². The summed E-state index contributed by atoms with van der Waals surface area (Å²) in [7, 11) is 1.72.